The van der Waals surface area contributed by atoms with Gasteiger partial charge in [-0.3, -0.25) is 14.9 Å². The van der Waals surface area contributed by atoms with Gasteiger partial charge in [0.15, 0.2) is 11.4 Å². The fourth-order valence-electron chi connectivity index (χ4n) is 3.36. The van der Waals surface area contributed by atoms with Gasteiger partial charge in [-0.05, 0) is 30.3 Å². The van der Waals surface area contributed by atoms with Crippen LogP contribution in [0.5, 0.6) is 0 Å². The lowest BCUT2D eigenvalue weighted by Gasteiger charge is -2.20. The molecular weight excluding hydrogens is 406 g/mol. The van der Waals surface area contributed by atoms with Crippen molar-refractivity contribution in [1.82, 2.24) is 25.3 Å². The summed E-state index contributed by atoms with van der Waals surface area (Å²) < 4.78 is 5.90. The number of fused-ring (bicyclic) bond motifs is 1. The molecule has 0 bridgehead atoms. The lowest BCUT2D eigenvalue weighted by Crippen LogP contribution is -2.32. The first-order valence-corrected chi connectivity index (χ1v) is 10.3. The SMILES string of the molecule is O=C1NC(=O)/C(=C/c2ncnc(N3CCCN(c4nc5ccccc5o4)CC3)n2)S1. The van der Waals surface area contributed by atoms with Crippen molar-refractivity contribution in [3.63, 3.8) is 0 Å². The maximum Gasteiger partial charge on any atom is 0.298 e. The molecule has 2 fully saturated rings. The van der Waals surface area contributed by atoms with Crippen molar-refractivity contribution in [2.75, 3.05) is 36.0 Å². The van der Waals surface area contributed by atoms with E-state index in [1.54, 1.807) is 0 Å². The molecule has 2 saturated heterocycles. The number of hydrogen-bond donors (Lipinski definition) is 1. The van der Waals surface area contributed by atoms with Crippen molar-refractivity contribution in [1.29, 1.82) is 0 Å². The van der Waals surface area contributed by atoms with Crippen LogP contribution in [0, 0.1) is 0 Å². The lowest BCUT2D eigenvalue weighted by molar-refractivity contribution is -0.115. The molecule has 11 heteroatoms. The third-order valence-electron chi connectivity index (χ3n) is 4.81. The number of thioether (sulfide) groups is 1. The molecule has 10 nitrogen and oxygen atoms in total. The molecule has 2 amide bonds. The third kappa shape index (κ3) is 3.71. The molecule has 4 heterocycles. The molecule has 2 aliphatic rings. The summed E-state index contributed by atoms with van der Waals surface area (Å²) in [7, 11) is 0. The summed E-state index contributed by atoms with van der Waals surface area (Å²) in [4.78, 5) is 45.0. The number of nitrogens with one attached hydrogen (secondary N) is 1. The smallest absolute Gasteiger partial charge is 0.298 e. The average Bonchev–Trinajstić information content (AvgIpc) is 3.21. The molecule has 0 atom stereocenters. The van der Waals surface area contributed by atoms with Crippen molar-refractivity contribution in [3.8, 4) is 0 Å². The summed E-state index contributed by atoms with van der Waals surface area (Å²) in [6.07, 6.45) is 3.80. The molecule has 152 valence electrons. The molecule has 2 aromatic heterocycles. The summed E-state index contributed by atoms with van der Waals surface area (Å²) in [6, 6.07) is 8.33. The molecule has 2 aliphatic heterocycles. The Morgan fingerprint density at radius 2 is 1.87 bits per heavy atom. The Kier molecular flexibility index (Phi) is 4.79. The standard InChI is InChI=1S/C19H17N7O3S/c27-16-14(30-19(28)24-16)10-15-20-11-21-17(23-15)25-6-3-7-26(9-8-25)18-22-12-4-1-2-5-13(12)29-18/h1-2,4-5,10-11H,3,6-9H2,(H,24,27,28)/b14-10-. The van der Waals surface area contributed by atoms with Crippen LogP contribution >= 0.6 is 11.8 Å². The molecule has 1 aromatic carbocycles. The lowest BCUT2D eigenvalue weighted by atomic mass is 10.3. The van der Waals surface area contributed by atoms with Crippen LogP contribution in [0.2, 0.25) is 0 Å². The van der Waals surface area contributed by atoms with Crippen LogP contribution < -0.4 is 15.1 Å². The van der Waals surface area contributed by atoms with E-state index in [4.69, 9.17) is 4.42 Å². The van der Waals surface area contributed by atoms with Gasteiger partial charge in [0.05, 0.1) is 4.91 Å². The minimum absolute atomic E-state index is 0.273. The molecule has 0 saturated carbocycles. The van der Waals surface area contributed by atoms with Crippen molar-refractivity contribution in [2.24, 2.45) is 0 Å². The highest BCUT2D eigenvalue weighted by Gasteiger charge is 2.26. The molecule has 0 aliphatic carbocycles. The van der Waals surface area contributed by atoms with E-state index in [1.807, 2.05) is 24.3 Å². The number of benzene rings is 1. The summed E-state index contributed by atoms with van der Waals surface area (Å²) in [5.74, 6) is 0.439. The largest absolute Gasteiger partial charge is 0.423 e. The average molecular weight is 423 g/mol. The summed E-state index contributed by atoms with van der Waals surface area (Å²) in [6.45, 7) is 2.98. The van der Waals surface area contributed by atoms with Crippen molar-refractivity contribution in [3.05, 3.63) is 41.3 Å². The Morgan fingerprint density at radius 3 is 2.70 bits per heavy atom. The Hall–Kier alpha value is -3.47. The molecule has 5 rings (SSSR count). The van der Waals surface area contributed by atoms with E-state index in [1.165, 1.54) is 12.4 Å². The second kappa shape index (κ2) is 7.75. The van der Waals surface area contributed by atoms with Gasteiger partial charge in [-0.2, -0.15) is 9.97 Å². The van der Waals surface area contributed by atoms with Gasteiger partial charge in [-0.1, -0.05) is 12.1 Å². The van der Waals surface area contributed by atoms with Crippen LogP contribution in [-0.2, 0) is 4.79 Å². The van der Waals surface area contributed by atoms with Gasteiger partial charge in [0.25, 0.3) is 17.2 Å². The zero-order chi connectivity index (χ0) is 20.5. The molecule has 0 spiro atoms. The second-order valence-corrected chi connectivity index (χ2v) is 7.80. The van der Waals surface area contributed by atoms with Gasteiger partial charge in [0.2, 0.25) is 5.95 Å². The zero-order valence-electron chi connectivity index (χ0n) is 15.8. The maximum atomic E-state index is 11.7. The van der Waals surface area contributed by atoms with Gasteiger partial charge in [-0.15, -0.1) is 0 Å². The summed E-state index contributed by atoms with van der Waals surface area (Å²) in [5, 5.41) is 1.82. The van der Waals surface area contributed by atoms with Crippen LogP contribution in [0.1, 0.15) is 12.2 Å². The van der Waals surface area contributed by atoms with Gasteiger partial charge >= 0.3 is 0 Å². The summed E-state index contributed by atoms with van der Waals surface area (Å²) in [5.41, 5.74) is 1.62. The number of hydrogen-bond acceptors (Lipinski definition) is 10. The van der Waals surface area contributed by atoms with Crippen LogP contribution in [0.3, 0.4) is 0 Å². The molecule has 0 radical (unpaired) electrons. The number of nitrogens with zero attached hydrogens (tertiary/aromatic N) is 6. The van der Waals surface area contributed by atoms with E-state index in [2.05, 4.69) is 35.1 Å². The highest BCUT2D eigenvalue weighted by atomic mass is 32.2. The molecule has 3 aromatic rings. The molecule has 0 unspecified atom stereocenters. The van der Waals surface area contributed by atoms with Gasteiger partial charge in [-0.25, -0.2) is 9.97 Å². The van der Waals surface area contributed by atoms with Crippen LogP contribution in [-0.4, -0.2) is 57.3 Å². The van der Waals surface area contributed by atoms with Crippen LogP contribution in [0.15, 0.2) is 39.9 Å². The van der Waals surface area contributed by atoms with E-state index >= 15 is 0 Å². The molecule has 1 N–H and O–H groups in total. The Morgan fingerprint density at radius 1 is 1.03 bits per heavy atom. The van der Waals surface area contributed by atoms with Gasteiger partial charge in [0, 0.05) is 32.3 Å². The first-order valence-electron chi connectivity index (χ1n) is 9.45. The number of carbonyl (C=O) groups excluding carboxylic acids is 2. The normalized spacial score (nSPS) is 18.9. The first kappa shape index (κ1) is 18.6. The molecule has 30 heavy (non-hydrogen) atoms. The van der Waals surface area contributed by atoms with E-state index in [0.717, 1.165) is 42.4 Å². The maximum absolute atomic E-state index is 11.7. The minimum atomic E-state index is -0.435. The Bertz CT molecular complexity index is 1130. The number of aromatic nitrogens is 4. The van der Waals surface area contributed by atoms with E-state index < -0.39 is 11.1 Å². The number of imide groups is 1. The zero-order valence-corrected chi connectivity index (χ0v) is 16.6. The van der Waals surface area contributed by atoms with Gasteiger partial charge < -0.3 is 14.2 Å². The van der Waals surface area contributed by atoms with Crippen molar-refractivity contribution >= 4 is 52.0 Å². The fraction of sp³-hybridized carbons (Fsp3) is 0.263. The number of rotatable bonds is 3. The van der Waals surface area contributed by atoms with Crippen molar-refractivity contribution in [2.45, 2.75) is 6.42 Å². The summed E-state index contributed by atoms with van der Waals surface area (Å²) >= 11 is 0.836. The van der Waals surface area contributed by atoms with E-state index in [9.17, 15) is 9.59 Å². The van der Waals surface area contributed by atoms with Crippen molar-refractivity contribution < 1.29 is 14.0 Å². The van der Waals surface area contributed by atoms with Crippen LogP contribution in [0.25, 0.3) is 17.2 Å². The molecular formula is C19H17N7O3S. The Labute approximate surface area is 175 Å². The number of amides is 2. The fourth-order valence-corrected chi connectivity index (χ4v) is 4.02. The third-order valence-corrected chi connectivity index (χ3v) is 5.62. The minimum Gasteiger partial charge on any atom is -0.423 e. The topological polar surface area (TPSA) is 117 Å². The van der Waals surface area contributed by atoms with Gasteiger partial charge in [0.1, 0.15) is 11.8 Å². The predicted octanol–water partition coefficient (Wildman–Crippen LogP) is 2.05. The quantitative estimate of drug-likeness (QED) is 0.627. The van der Waals surface area contributed by atoms with Crippen LogP contribution in [0.4, 0.5) is 16.8 Å². The highest BCUT2D eigenvalue weighted by Crippen LogP contribution is 2.25. The number of para-hydroxylation sites is 2. The number of oxazole rings is 1. The predicted molar refractivity (Wildman–Crippen MR) is 112 cm³/mol. The first-order chi connectivity index (χ1) is 14.7. The highest BCUT2D eigenvalue weighted by molar-refractivity contribution is 8.18. The Balaban J connectivity index is 1.32. The number of carbonyl (C=O) groups is 2. The monoisotopic (exact) mass is 423 g/mol. The number of anilines is 2. The second-order valence-electron chi connectivity index (χ2n) is 6.79. The van der Waals surface area contributed by atoms with E-state index in [-0.39, 0.29) is 4.91 Å². The van der Waals surface area contributed by atoms with E-state index in [0.29, 0.717) is 30.9 Å².